The van der Waals surface area contributed by atoms with Crippen LogP contribution < -0.4 is 0 Å². The summed E-state index contributed by atoms with van der Waals surface area (Å²) in [6.07, 6.45) is 0.398. The highest BCUT2D eigenvalue weighted by molar-refractivity contribution is 5.72. The largest absolute Gasteiger partial charge is 0.481 e. The smallest absolute Gasteiger partial charge is 0.309 e. The standard InChI is InChI=1S/C14H20O3/c1-5-12(13(15)16)14(4,17)11-7-9(2)6-10(3)8-11/h6-8,12,17H,5H2,1-4H3,(H,15,16). The maximum absolute atomic E-state index is 11.2. The first kappa shape index (κ1) is 13.7. The fourth-order valence-electron chi connectivity index (χ4n) is 2.28. The van der Waals surface area contributed by atoms with Crippen molar-refractivity contribution in [2.45, 2.75) is 39.7 Å². The Bertz CT molecular complexity index is 401. The van der Waals surface area contributed by atoms with Crippen LogP contribution in [0.4, 0.5) is 0 Å². The SMILES string of the molecule is CCC(C(=O)O)C(C)(O)c1cc(C)cc(C)c1. The van der Waals surface area contributed by atoms with Gasteiger partial charge in [-0.05, 0) is 32.8 Å². The molecular formula is C14H20O3. The molecule has 0 aromatic heterocycles. The van der Waals surface area contributed by atoms with E-state index in [1.807, 2.05) is 32.0 Å². The van der Waals surface area contributed by atoms with Crippen molar-refractivity contribution in [2.75, 3.05) is 0 Å². The molecule has 0 saturated heterocycles. The maximum atomic E-state index is 11.2. The molecule has 2 atom stereocenters. The zero-order chi connectivity index (χ0) is 13.2. The number of carbonyl (C=O) groups is 1. The van der Waals surface area contributed by atoms with Gasteiger partial charge in [-0.1, -0.05) is 36.2 Å². The highest BCUT2D eigenvalue weighted by Crippen LogP contribution is 2.32. The van der Waals surface area contributed by atoms with E-state index in [1.165, 1.54) is 0 Å². The first-order valence-corrected chi connectivity index (χ1v) is 5.83. The molecule has 1 rings (SSSR count). The minimum atomic E-state index is -1.34. The van der Waals surface area contributed by atoms with Gasteiger partial charge >= 0.3 is 5.97 Å². The Labute approximate surface area is 102 Å². The van der Waals surface area contributed by atoms with Crippen molar-refractivity contribution < 1.29 is 15.0 Å². The number of aliphatic carboxylic acids is 1. The molecule has 1 aromatic rings. The molecule has 0 spiro atoms. The van der Waals surface area contributed by atoms with Crippen molar-refractivity contribution in [1.82, 2.24) is 0 Å². The van der Waals surface area contributed by atoms with Crippen molar-refractivity contribution in [1.29, 1.82) is 0 Å². The summed E-state index contributed by atoms with van der Waals surface area (Å²) in [4.78, 5) is 11.2. The van der Waals surface area contributed by atoms with E-state index in [9.17, 15) is 9.90 Å². The van der Waals surface area contributed by atoms with Crippen LogP contribution in [0, 0.1) is 19.8 Å². The molecule has 17 heavy (non-hydrogen) atoms. The highest BCUT2D eigenvalue weighted by Gasteiger charge is 2.37. The van der Waals surface area contributed by atoms with Gasteiger partial charge in [-0.25, -0.2) is 0 Å². The molecule has 0 radical (unpaired) electrons. The Morgan fingerprint density at radius 3 is 2.12 bits per heavy atom. The first-order chi connectivity index (χ1) is 7.78. The average Bonchev–Trinajstić information content (AvgIpc) is 2.15. The number of carboxylic acid groups (broad SMARTS) is 1. The second kappa shape index (κ2) is 4.88. The van der Waals surface area contributed by atoms with Crippen LogP contribution in [0.3, 0.4) is 0 Å². The van der Waals surface area contributed by atoms with Gasteiger partial charge in [0.15, 0.2) is 0 Å². The van der Waals surface area contributed by atoms with Crippen LogP contribution in [-0.4, -0.2) is 16.2 Å². The lowest BCUT2D eigenvalue weighted by molar-refractivity contribution is -0.152. The molecule has 0 saturated carbocycles. The molecule has 94 valence electrons. The summed E-state index contributed by atoms with van der Waals surface area (Å²) >= 11 is 0. The number of aryl methyl sites for hydroxylation is 2. The van der Waals surface area contributed by atoms with Crippen molar-refractivity contribution in [3.8, 4) is 0 Å². The fourth-order valence-corrected chi connectivity index (χ4v) is 2.28. The van der Waals surface area contributed by atoms with Crippen molar-refractivity contribution in [3.63, 3.8) is 0 Å². The summed E-state index contributed by atoms with van der Waals surface area (Å²) in [6, 6.07) is 5.69. The molecule has 1 aromatic carbocycles. The van der Waals surface area contributed by atoms with E-state index in [-0.39, 0.29) is 0 Å². The predicted octanol–water partition coefficient (Wildman–Crippen LogP) is 2.62. The number of aliphatic hydroxyl groups is 1. The third-order valence-electron chi connectivity index (χ3n) is 3.19. The van der Waals surface area contributed by atoms with E-state index in [2.05, 4.69) is 0 Å². The zero-order valence-electron chi connectivity index (χ0n) is 10.8. The molecule has 0 amide bonds. The monoisotopic (exact) mass is 236 g/mol. The van der Waals surface area contributed by atoms with Gasteiger partial charge in [0.25, 0.3) is 0 Å². The molecule has 0 heterocycles. The van der Waals surface area contributed by atoms with Crippen molar-refractivity contribution in [3.05, 3.63) is 34.9 Å². The molecule has 0 fully saturated rings. The Kier molecular flexibility index (Phi) is 3.94. The van der Waals surface area contributed by atoms with Crippen LogP contribution in [-0.2, 0) is 10.4 Å². The minimum Gasteiger partial charge on any atom is -0.481 e. The minimum absolute atomic E-state index is 0.398. The van der Waals surface area contributed by atoms with Gasteiger partial charge in [-0.15, -0.1) is 0 Å². The first-order valence-electron chi connectivity index (χ1n) is 5.83. The number of hydrogen-bond acceptors (Lipinski definition) is 2. The van der Waals surface area contributed by atoms with Gasteiger partial charge in [0.1, 0.15) is 5.60 Å². The Morgan fingerprint density at radius 2 is 1.76 bits per heavy atom. The lowest BCUT2D eigenvalue weighted by Gasteiger charge is -2.30. The second-order valence-corrected chi connectivity index (χ2v) is 4.82. The maximum Gasteiger partial charge on any atom is 0.309 e. The molecule has 2 unspecified atom stereocenters. The van der Waals surface area contributed by atoms with E-state index in [0.717, 1.165) is 11.1 Å². The number of carboxylic acids is 1. The van der Waals surface area contributed by atoms with E-state index in [4.69, 9.17) is 5.11 Å². The van der Waals surface area contributed by atoms with Gasteiger partial charge in [-0.2, -0.15) is 0 Å². The highest BCUT2D eigenvalue weighted by atomic mass is 16.4. The summed E-state index contributed by atoms with van der Waals surface area (Å²) in [5.41, 5.74) is 1.39. The van der Waals surface area contributed by atoms with Crippen LogP contribution in [0.1, 0.15) is 37.0 Å². The van der Waals surface area contributed by atoms with Gasteiger partial charge < -0.3 is 10.2 Å². The summed E-state index contributed by atoms with van der Waals surface area (Å²) in [5, 5.41) is 19.6. The number of benzene rings is 1. The fraction of sp³-hybridized carbons (Fsp3) is 0.500. The van der Waals surface area contributed by atoms with Crippen LogP contribution in [0.15, 0.2) is 18.2 Å². The van der Waals surface area contributed by atoms with Crippen LogP contribution in [0.5, 0.6) is 0 Å². The summed E-state index contributed by atoms with van der Waals surface area (Å²) < 4.78 is 0. The van der Waals surface area contributed by atoms with Gasteiger partial charge in [0.2, 0.25) is 0 Å². The summed E-state index contributed by atoms with van der Waals surface area (Å²) in [6.45, 7) is 7.22. The number of hydrogen-bond donors (Lipinski definition) is 2. The predicted molar refractivity (Wildman–Crippen MR) is 66.9 cm³/mol. The molecular weight excluding hydrogens is 216 g/mol. The van der Waals surface area contributed by atoms with Crippen LogP contribution in [0.2, 0.25) is 0 Å². The Morgan fingerprint density at radius 1 is 1.29 bits per heavy atom. The van der Waals surface area contributed by atoms with Crippen molar-refractivity contribution >= 4 is 5.97 Å². The lowest BCUT2D eigenvalue weighted by Crippen LogP contribution is -2.37. The third kappa shape index (κ3) is 2.86. The molecule has 0 bridgehead atoms. The summed E-state index contributed by atoms with van der Waals surface area (Å²) in [5.74, 6) is -1.75. The summed E-state index contributed by atoms with van der Waals surface area (Å²) in [7, 11) is 0. The van der Waals surface area contributed by atoms with Gasteiger partial charge in [0, 0.05) is 0 Å². The van der Waals surface area contributed by atoms with E-state index < -0.39 is 17.5 Å². The van der Waals surface area contributed by atoms with Crippen LogP contribution >= 0.6 is 0 Å². The van der Waals surface area contributed by atoms with E-state index >= 15 is 0 Å². The molecule has 2 N–H and O–H groups in total. The topological polar surface area (TPSA) is 57.5 Å². The molecule has 0 aliphatic heterocycles. The quantitative estimate of drug-likeness (QED) is 0.845. The third-order valence-corrected chi connectivity index (χ3v) is 3.19. The second-order valence-electron chi connectivity index (χ2n) is 4.82. The molecule has 0 aliphatic carbocycles. The van der Waals surface area contributed by atoms with Gasteiger partial charge in [0.05, 0.1) is 5.92 Å². The molecule has 3 heteroatoms. The van der Waals surface area contributed by atoms with Crippen molar-refractivity contribution in [2.24, 2.45) is 5.92 Å². The van der Waals surface area contributed by atoms with Gasteiger partial charge in [-0.3, -0.25) is 4.79 Å². The molecule has 3 nitrogen and oxygen atoms in total. The van der Waals surface area contributed by atoms with E-state index in [0.29, 0.717) is 12.0 Å². The Balaban J connectivity index is 3.23. The lowest BCUT2D eigenvalue weighted by atomic mass is 9.80. The molecule has 0 aliphatic rings. The Hall–Kier alpha value is -1.35. The number of rotatable bonds is 4. The average molecular weight is 236 g/mol. The normalized spacial score (nSPS) is 16.3. The van der Waals surface area contributed by atoms with Crippen LogP contribution in [0.25, 0.3) is 0 Å². The zero-order valence-corrected chi connectivity index (χ0v) is 10.8. The van der Waals surface area contributed by atoms with E-state index in [1.54, 1.807) is 13.8 Å².